The fourth-order valence-corrected chi connectivity index (χ4v) is 1.93. The van der Waals surface area contributed by atoms with E-state index in [1.807, 2.05) is 37.3 Å². The first-order chi connectivity index (χ1) is 10.3. The summed E-state index contributed by atoms with van der Waals surface area (Å²) in [6.07, 6.45) is 0. The zero-order valence-electron chi connectivity index (χ0n) is 12.1. The Bertz CT molecular complexity index is 560. The first kappa shape index (κ1) is 15.3. The molecule has 0 saturated heterocycles. The summed E-state index contributed by atoms with van der Waals surface area (Å²) in [5.41, 5.74) is 1.47. The van der Waals surface area contributed by atoms with E-state index in [-0.39, 0.29) is 5.82 Å². The van der Waals surface area contributed by atoms with E-state index in [1.54, 1.807) is 12.1 Å². The van der Waals surface area contributed by atoms with Gasteiger partial charge >= 0.3 is 0 Å². The van der Waals surface area contributed by atoms with Crippen LogP contribution in [0.25, 0.3) is 0 Å². The lowest BCUT2D eigenvalue weighted by Crippen LogP contribution is -2.08. The van der Waals surface area contributed by atoms with Gasteiger partial charge in [-0.3, -0.25) is 0 Å². The Labute approximate surface area is 124 Å². The maximum absolute atomic E-state index is 13.6. The molecule has 4 heteroatoms. The molecule has 112 valence electrons. The van der Waals surface area contributed by atoms with Gasteiger partial charge in [0.25, 0.3) is 0 Å². The standard InChI is InChI=1S/C17H20FNO2/c1-2-20-11-12-21-17-10-6-5-9-16(17)19-13-14-7-3-4-8-15(14)18/h3-10,19H,2,11-13H2,1H3. The van der Waals surface area contributed by atoms with Crippen molar-refractivity contribution in [3.63, 3.8) is 0 Å². The molecule has 0 bridgehead atoms. The van der Waals surface area contributed by atoms with Crippen molar-refractivity contribution in [3.05, 3.63) is 59.9 Å². The van der Waals surface area contributed by atoms with Gasteiger partial charge in [0.05, 0.1) is 12.3 Å². The summed E-state index contributed by atoms with van der Waals surface area (Å²) in [6.45, 7) is 4.09. The van der Waals surface area contributed by atoms with Crippen LogP contribution in [0.15, 0.2) is 48.5 Å². The van der Waals surface area contributed by atoms with Crippen molar-refractivity contribution in [1.29, 1.82) is 0 Å². The van der Waals surface area contributed by atoms with E-state index in [2.05, 4.69) is 5.32 Å². The summed E-state index contributed by atoms with van der Waals surface area (Å²) in [5, 5.41) is 3.21. The average molecular weight is 289 g/mol. The van der Waals surface area contributed by atoms with E-state index in [1.165, 1.54) is 6.07 Å². The van der Waals surface area contributed by atoms with Crippen molar-refractivity contribution in [1.82, 2.24) is 0 Å². The molecule has 2 rings (SSSR count). The van der Waals surface area contributed by atoms with E-state index >= 15 is 0 Å². The van der Waals surface area contributed by atoms with E-state index in [0.717, 1.165) is 11.4 Å². The molecule has 1 N–H and O–H groups in total. The molecule has 0 unspecified atom stereocenters. The molecule has 0 spiro atoms. The second-order valence-corrected chi connectivity index (χ2v) is 4.49. The maximum atomic E-state index is 13.6. The van der Waals surface area contributed by atoms with Crippen LogP contribution in [0.3, 0.4) is 0 Å². The summed E-state index contributed by atoms with van der Waals surface area (Å²) in [5.74, 6) is 0.535. The number of halogens is 1. The number of hydrogen-bond donors (Lipinski definition) is 1. The third-order valence-electron chi connectivity index (χ3n) is 3.00. The van der Waals surface area contributed by atoms with Gasteiger partial charge in [-0.15, -0.1) is 0 Å². The maximum Gasteiger partial charge on any atom is 0.142 e. The summed E-state index contributed by atoms with van der Waals surface area (Å²) < 4.78 is 24.5. The summed E-state index contributed by atoms with van der Waals surface area (Å²) in [4.78, 5) is 0. The lowest BCUT2D eigenvalue weighted by Gasteiger charge is -2.13. The zero-order chi connectivity index (χ0) is 14.9. The van der Waals surface area contributed by atoms with Crippen LogP contribution in [-0.2, 0) is 11.3 Å². The molecule has 0 radical (unpaired) electrons. The first-order valence-electron chi connectivity index (χ1n) is 7.08. The van der Waals surface area contributed by atoms with E-state index in [0.29, 0.717) is 31.9 Å². The minimum Gasteiger partial charge on any atom is -0.489 e. The number of para-hydroxylation sites is 2. The summed E-state index contributed by atoms with van der Waals surface area (Å²) in [6, 6.07) is 14.4. The van der Waals surface area contributed by atoms with Crippen molar-refractivity contribution in [2.45, 2.75) is 13.5 Å². The van der Waals surface area contributed by atoms with Gasteiger partial charge in [-0.05, 0) is 25.1 Å². The van der Waals surface area contributed by atoms with Gasteiger partial charge in [0.2, 0.25) is 0 Å². The lowest BCUT2D eigenvalue weighted by molar-refractivity contribution is 0.110. The molecule has 0 atom stereocenters. The van der Waals surface area contributed by atoms with Crippen molar-refractivity contribution in [3.8, 4) is 5.75 Å². The third-order valence-corrected chi connectivity index (χ3v) is 3.00. The monoisotopic (exact) mass is 289 g/mol. The van der Waals surface area contributed by atoms with Gasteiger partial charge in [-0.25, -0.2) is 4.39 Å². The van der Waals surface area contributed by atoms with Crippen LogP contribution in [0, 0.1) is 5.82 Å². The molecule has 0 aliphatic carbocycles. The SMILES string of the molecule is CCOCCOc1ccccc1NCc1ccccc1F. The third kappa shape index (κ3) is 4.76. The van der Waals surface area contributed by atoms with Crippen LogP contribution in [-0.4, -0.2) is 19.8 Å². The predicted octanol–water partition coefficient (Wildman–Crippen LogP) is 3.85. The van der Waals surface area contributed by atoms with Crippen LogP contribution in [0.4, 0.5) is 10.1 Å². The number of hydrogen-bond acceptors (Lipinski definition) is 3. The van der Waals surface area contributed by atoms with E-state index in [4.69, 9.17) is 9.47 Å². The normalized spacial score (nSPS) is 10.4. The molecular formula is C17H20FNO2. The molecule has 0 amide bonds. The highest BCUT2D eigenvalue weighted by molar-refractivity contribution is 5.56. The quantitative estimate of drug-likeness (QED) is 0.749. The number of ether oxygens (including phenoxy) is 2. The van der Waals surface area contributed by atoms with Gasteiger partial charge < -0.3 is 14.8 Å². The largest absolute Gasteiger partial charge is 0.489 e. The number of anilines is 1. The molecule has 0 aliphatic rings. The van der Waals surface area contributed by atoms with Gasteiger partial charge in [-0.1, -0.05) is 30.3 Å². The summed E-state index contributed by atoms with van der Waals surface area (Å²) >= 11 is 0. The van der Waals surface area contributed by atoms with Crippen molar-refractivity contribution in [2.75, 3.05) is 25.1 Å². The van der Waals surface area contributed by atoms with Crippen LogP contribution < -0.4 is 10.1 Å². The predicted molar refractivity (Wildman–Crippen MR) is 82.2 cm³/mol. The molecule has 0 saturated carbocycles. The van der Waals surface area contributed by atoms with Gasteiger partial charge in [0, 0.05) is 18.7 Å². The fourth-order valence-electron chi connectivity index (χ4n) is 1.93. The number of benzene rings is 2. The highest BCUT2D eigenvalue weighted by atomic mass is 19.1. The molecule has 2 aromatic rings. The van der Waals surface area contributed by atoms with Crippen LogP contribution in [0.2, 0.25) is 0 Å². The van der Waals surface area contributed by atoms with Crippen molar-refractivity contribution < 1.29 is 13.9 Å². The second-order valence-electron chi connectivity index (χ2n) is 4.49. The molecule has 0 aliphatic heterocycles. The molecule has 0 heterocycles. The number of rotatable bonds is 8. The summed E-state index contributed by atoms with van der Waals surface area (Å²) in [7, 11) is 0. The van der Waals surface area contributed by atoms with Crippen molar-refractivity contribution in [2.24, 2.45) is 0 Å². The topological polar surface area (TPSA) is 30.5 Å². The van der Waals surface area contributed by atoms with E-state index in [9.17, 15) is 4.39 Å². The highest BCUT2D eigenvalue weighted by Crippen LogP contribution is 2.24. The van der Waals surface area contributed by atoms with Crippen LogP contribution in [0.5, 0.6) is 5.75 Å². The highest BCUT2D eigenvalue weighted by Gasteiger charge is 2.04. The lowest BCUT2D eigenvalue weighted by atomic mass is 10.2. The minimum atomic E-state index is -0.209. The molecule has 21 heavy (non-hydrogen) atoms. The van der Waals surface area contributed by atoms with Gasteiger partial charge in [-0.2, -0.15) is 0 Å². The van der Waals surface area contributed by atoms with Crippen LogP contribution >= 0.6 is 0 Å². The van der Waals surface area contributed by atoms with Crippen LogP contribution in [0.1, 0.15) is 12.5 Å². The fraction of sp³-hybridized carbons (Fsp3) is 0.294. The Balaban J connectivity index is 1.95. The Morgan fingerprint density at radius 3 is 2.57 bits per heavy atom. The van der Waals surface area contributed by atoms with Gasteiger partial charge in [0.15, 0.2) is 0 Å². The van der Waals surface area contributed by atoms with E-state index < -0.39 is 0 Å². The minimum absolute atomic E-state index is 0.209. The molecule has 3 nitrogen and oxygen atoms in total. The first-order valence-corrected chi connectivity index (χ1v) is 7.08. The molecule has 0 aromatic heterocycles. The molecular weight excluding hydrogens is 269 g/mol. The van der Waals surface area contributed by atoms with Crippen molar-refractivity contribution >= 4 is 5.69 Å². The Morgan fingerprint density at radius 1 is 1.00 bits per heavy atom. The zero-order valence-corrected chi connectivity index (χ0v) is 12.1. The smallest absolute Gasteiger partial charge is 0.142 e. The molecule has 0 fully saturated rings. The Morgan fingerprint density at radius 2 is 1.76 bits per heavy atom. The molecule has 2 aromatic carbocycles. The van der Waals surface area contributed by atoms with Gasteiger partial charge in [0.1, 0.15) is 18.2 Å². The average Bonchev–Trinajstić information content (AvgIpc) is 2.52. The Kier molecular flexibility index (Phi) is 6.03. The number of nitrogens with one attached hydrogen (secondary N) is 1. The Hall–Kier alpha value is -2.07. The second kappa shape index (κ2) is 8.27.